The summed E-state index contributed by atoms with van der Waals surface area (Å²) in [6.45, 7) is -3.53. The predicted octanol–water partition coefficient (Wildman–Crippen LogP) is 3.85. The van der Waals surface area contributed by atoms with E-state index in [1.165, 1.54) is 16.7 Å². The number of fused-ring (bicyclic) bond motifs is 3. The summed E-state index contributed by atoms with van der Waals surface area (Å²) in [5.74, 6) is -0.418. The Labute approximate surface area is 243 Å². The van der Waals surface area contributed by atoms with E-state index in [4.69, 9.17) is 4.74 Å². The van der Waals surface area contributed by atoms with E-state index >= 15 is 0 Å². The number of carbonyl (C=O) groups is 3. The average molecular weight is 594 g/mol. The molecule has 2 aliphatic rings. The van der Waals surface area contributed by atoms with Crippen molar-refractivity contribution in [2.45, 2.75) is 41.5 Å². The molecule has 0 radical (unpaired) electrons. The van der Waals surface area contributed by atoms with E-state index in [-0.39, 0.29) is 25.1 Å². The SMILES string of the molecule is O=C(NCC(=O)N1CC(OC(F)F)CC1C(=O)NCc1ccc2nccn2c1)c1ccc2c(c1)Oc1ccccc1S2. The number of halogens is 2. The van der Waals surface area contributed by atoms with Gasteiger partial charge in [-0.3, -0.25) is 14.4 Å². The van der Waals surface area contributed by atoms with Crippen LogP contribution < -0.4 is 15.4 Å². The first kappa shape index (κ1) is 27.7. The number of likely N-dealkylation sites (tertiary alicyclic amines) is 1. The molecule has 2 atom stereocenters. The summed E-state index contributed by atoms with van der Waals surface area (Å²) in [6, 6.07) is 15.1. The van der Waals surface area contributed by atoms with Crippen molar-refractivity contribution in [1.29, 1.82) is 0 Å². The predicted molar refractivity (Wildman–Crippen MR) is 147 cm³/mol. The molecule has 0 aliphatic carbocycles. The molecule has 4 aromatic rings. The smallest absolute Gasteiger partial charge is 0.345 e. The highest BCUT2D eigenvalue weighted by Gasteiger charge is 2.41. The van der Waals surface area contributed by atoms with Crippen molar-refractivity contribution in [3.05, 3.63) is 84.3 Å². The van der Waals surface area contributed by atoms with E-state index in [0.29, 0.717) is 11.5 Å². The lowest BCUT2D eigenvalue weighted by Crippen LogP contribution is -2.48. The van der Waals surface area contributed by atoms with Gasteiger partial charge in [0.2, 0.25) is 11.8 Å². The largest absolute Gasteiger partial charge is 0.455 e. The Hall–Kier alpha value is -4.49. The molecule has 2 unspecified atom stereocenters. The number of imidazole rings is 1. The van der Waals surface area contributed by atoms with Crippen LogP contribution in [0.4, 0.5) is 8.78 Å². The molecule has 13 heteroatoms. The molecule has 42 heavy (non-hydrogen) atoms. The van der Waals surface area contributed by atoms with Crippen LogP contribution in [0.3, 0.4) is 0 Å². The third kappa shape index (κ3) is 5.92. The molecule has 4 heterocycles. The van der Waals surface area contributed by atoms with E-state index in [0.717, 1.165) is 21.0 Å². The number of para-hydroxylation sites is 1. The zero-order valence-electron chi connectivity index (χ0n) is 22.0. The summed E-state index contributed by atoms with van der Waals surface area (Å²) in [4.78, 5) is 46.3. The minimum atomic E-state index is -3.05. The van der Waals surface area contributed by atoms with E-state index in [1.54, 1.807) is 41.1 Å². The Morgan fingerprint density at radius 1 is 1.07 bits per heavy atom. The summed E-state index contributed by atoms with van der Waals surface area (Å²) in [5.41, 5.74) is 1.82. The van der Waals surface area contributed by atoms with Gasteiger partial charge >= 0.3 is 6.61 Å². The third-order valence-corrected chi connectivity index (χ3v) is 8.11. The maximum absolute atomic E-state index is 13.1. The number of hydrogen-bond donors (Lipinski definition) is 2. The lowest BCUT2D eigenvalue weighted by molar-refractivity contribution is -0.160. The fraction of sp³-hybridized carbons (Fsp3) is 0.241. The number of nitrogens with one attached hydrogen (secondary N) is 2. The summed E-state index contributed by atoms with van der Waals surface area (Å²) in [6.07, 6.45) is 4.10. The summed E-state index contributed by atoms with van der Waals surface area (Å²) in [5, 5.41) is 5.34. The second kappa shape index (κ2) is 11.8. The molecular weight excluding hydrogens is 568 g/mol. The van der Waals surface area contributed by atoms with Gasteiger partial charge in [0.15, 0.2) is 0 Å². The first-order chi connectivity index (χ1) is 20.3. The van der Waals surface area contributed by atoms with E-state index in [9.17, 15) is 23.2 Å². The van der Waals surface area contributed by atoms with Crippen molar-refractivity contribution in [2.75, 3.05) is 13.1 Å². The summed E-state index contributed by atoms with van der Waals surface area (Å²) >= 11 is 1.52. The molecule has 2 aromatic carbocycles. The summed E-state index contributed by atoms with van der Waals surface area (Å²) < 4.78 is 38.3. The maximum Gasteiger partial charge on any atom is 0.345 e. The number of carbonyl (C=O) groups excluding carboxylic acids is 3. The van der Waals surface area contributed by atoms with Gasteiger partial charge in [-0.15, -0.1) is 0 Å². The monoisotopic (exact) mass is 593 g/mol. The lowest BCUT2D eigenvalue weighted by Gasteiger charge is -2.24. The molecule has 0 spiro atoms. The normalized spacial score (nSPS) is 17.5. The van der Waals surface area contributed by atoms with Crippen molar-refractivity contribution in [2.24, 2.45) is 0 Å². The van der Waals surface area contributed by atoms with Crippen LogP contribution in [0.1, 0.15) is 22.3 Å². The second-order valence-corrected chi connectivity index (χ2v) is 10.8. The minimum Gasteiger partial charge on any atom is -0.455 e. The number of aromatic nitrogens is 2. The average Bonchev–Trinajstić information content (AvgIpc) is 3.63. The Balaban J connectivity index is 1.09. The number of nitrogens with zero attached hydrogens (tertiary/aromatic N) is 3. The highest BCUT2D eigenvalue weighted by atomic mass is 32.2. The van der Waals surface area contributed by atoms with Gasteiger partial charge in [0.05, 0.1) is 22.4 Å². The van der Waals surface area contributed by atoms with Crippen LogP contribution in [0.15, 0.2) is 83.0 Å². The quantitative estimate of drug-likeness (QED) is 0.281. The number of benzene rings is 2. The van der Waals surface area contributed by atoms with Gasteiger partial charge in [-0.25, -0.2) is 4.98 Å². The van der Waals surface area contributed by atoms with Gasteiger partial charge in [-0.2, -0.15) is 8.78 Å². The molecule has 1 fully saturated rings. The third-order valence-electron chi connectivity index (χ3n) is 6.99. The van der Waals surface area contributed by atoms with Gasteiger partial charge < -0.3 is 29.4 Å². The van der Waals surface area contributed by atoms with E-state index in [1.807, 2.05) is 36.5 Å². The number of hydrogen-bond acceptors (Lipinski definition) is 7. The topological polar surface area (TPSA) is 114 Å². The minimum absolute atomic E-state index is 0.0995. The maximum atomic E-state index is 13.1. The molecule has 2 N–H and O–H groups in total. The lowest BCUT2D eigenvalue weighted by atomic mass is 10.1. The number of rotatable bonds is 8. The molecule has 0 saturated carbocycles. The first-order valence-electron chi connectivity index (χ1n) is 13.1. The van der Waals surface area contributed by atoms with Gasteiger partial charge in [-0.05, 0) is 42.0 Å². The van der Waals surface area contributed by atoms with Crippen LogP contribution in [0.2, 0.25) is 0 Å². The Morgan fingerprint density at radius 3 is 2.76 bits per heavy atom. The van der Waals surface area contributed by atoms with Gasteiger partial charge in [0.1, 0.15) is 23.2 Å². The molecule has 1 saturated heterocycles. The Morgan fingerprint density at radius 2 is 1.90 bits per heavy atom. The number of pyridine rings is 1. The van der Waals surface area contributed by atoms with E-state index in [2.05, 4.69) is 20.4 Å². The van der Waals surface area contributed by atoms with Crippen LogP contribution in [0.25, 0.3) is 5.65 Å². The molecule has 6 rings (SSSR count). The molecular formula is C29H25F2N5O5S. The number of amides is 3. The van der Waals surface area contributed by atoms with Crippen LogP contribution in [0, 0.1) is 0 Å². The van der Waals surface area contributed by atoms with Crippen molar-refractivity contribution in [3.63, 3.8) is 0 Å². The molecule has 216 valence electrons. The van der Waals surface area contributed by atoms with Crippen molar-refractivity contribution < 1.29 is 32.6 Å². The van der Waals surface area contributed by atoms with Crippen molar-refractivity contribution in [1.82, 2.24) is 24.9 Å². The van der Waals surface area contributed by atoms with Gasteiger partial charge in [0.25, 0.3) is 5.91 Å². The highest BCUT2D eigenvalue weighted by Crippen LogP contribution is 2.46. The zero-order valence-corrected chi connectivity index (χ0v) is 22.9. The number of alkyl halides is 2. The molecule has 0 bridgehead atoms. The second-order valence-electron chi connectivity index (χ2n) is 9.76. The Kier molecular flexibility index (Phi) is 7.76. The van der Waals surface area contributed by atoms with Crippen molar-refractivity contribution >= 4 is 35.1 Å². The molecule has 10 nitrogen and oxygen atoms in total. The van der Waals surface area contributed by atoms with Gasteiger partial charge in [-0.1, -0.05) is 30.0 Å². The highest BCUT2D eigenvalue weighted by molar-refractivity contribution is 7.99. The molecule has 2 aliphatic heterocycles. The van der Waals surface area contributed by atoms with Crippen LogP contribution in [0.5, 0.6) is 11.5 Å². The van der Waals surface area contributed by atoms with Crippen LogP contribution in [-0.2, 0) is 20.9 Å². The van der Waals surface area contributed by atoms with Crippen LogP contribution >= 0.6 is 11.8 Å². The van der Waals surface area contributed by atoms with Crippen LogP contribution in [-0.4, -0.2) is 63.9 Å². The molecule has 3 amide bonds. The van der Waals surface area contributed by atoms with Crippen molar-refractivity contribution in [3.8, 4) is 11.5 Å². The molecule has 2 aromatic heterocycles. The fourth-order valence-electron chi connectivity index (χ4n) is 4.97. The summed E-state index contributed by atoms with van der Waals surface area (Å²) in [7, 11) is 0. The van der Waals surface area contributed by atoms with E-state index < -0.39 is 43.0 Å². The van der Waals surface area contributed by atoms with Gasteiger partial charge in [0, 0.05) is 43.7 Å². The fourth-order valence-corrected chi connectivity index (χ4v) is 5.90. The number of ether oxygens (including phenoxy) is 2. The zero-order chi connectivity index (χ0) is 29.2. The Bertz CT molecular complexity index is 1660. The standard InChI is InChI=1S/C29H25F2N5O5S/c30-29(31)40-19-12-20(28(39)33-13-17-5-8-25-32-9-10-35(25)15-17)36(16-19)26(37)14-34-27(38)18-6-7-24-22(11-18)41-21-3-1-2-4-23(21)42-24/h1-11,15,19-20,29H,12-14,16H2,(H,33,39)(H,34,38). The first-order valence-corrected chi connectivity index (χ1v) is 13.9.